The number of fused-ring (bicyclic) bond motifs is 1. The Morgan fingerprint density at radius 1 is 1.41 bits per heavy atom. The summed E-state index contributed by atoms with van der Waals surface area (Å²) in [6.45, 7) is 1.49. The van der Waals surface area contributed by atoms with Gasteiger partial charge in [0.2, 0.25) is 5.91 Å². The number of likely N-dealkylation sites (N-methyl/N-ethyl adjacent to an activating group) is 1. The number of aryl methyl sites for hydroxylation is 1. The molecule has 0 aromatic heterocycles. The number of nitrogens with zero attached hydrogens (tertiary/aromatic N) is 2. The summed E-state index contributed by atoms with van der Waals surface area (Å²) in [6.07, 6.45) is 1.44. The highest BCUT2D eigenvalue weighted by Crippen LogP contribution is 2.30. The maximum absolute atomic E-state index is 11.6. The zero-order chi connectivity index (χ0) is 12.4. The second-order valence-corrected chi connectivity index (χ2v) is 4.48. The van der Waals surface area contributed by atoms with E-state index in [0.29, 0.717) is 13.0 Å². The van der Waals surface area contributed by atoms with Crippen molar-refractivity contribution < 1.29 is 4.79 Å². The maximum atomic E-state index is 11.6. The predicted octanol–water partition coefficient (Wildman–Crippen LogP) is 0.990. The van der Waals surface area contributed by atoms with Crippen molar-refractivity contribution in [3.8, 4) is 0 Å². The fourth-order valence-corrected chi connectivity index (χ4v) is 2.20. The first-order valence-electron chi connectivity index (χ1n) is 5.94. The van der Waals surface area contributed by atoms with Crippen molar-refractivity contribution in [3.05, 3.63) is 23.8 Å². The first kappa shape index (κ1) is 11.9. The van der Waals surface area contributed by atoms with Gasteiger partial charge in [-0.05, 0) is 30.2 Å². The highest BCUT2D eigenvalue weighted by molar-refractivity contribution is 5.96. The monoisotopic (exact) mass is 233 g/mol. The van der Waals surface area contributed by atoms with Crippen LogP contribution in [0.4, 0.5) is 11.4 Å². The standard InChI is InChI=1S/C13H19N3O/c1-15(8-7-14)11-4-5-12-10(9-11)3-6-13(17)16(12)2/h4-5,9H,3,6-8,14H2,1-2H3. The molecule has 0 fully saturated rings. The van der Waals surface area contributed by atoms with Crippen LogP contribution in [0, 0.1) is 0 Å². The molecule has 0 bridgehead atoms. The summed E-state index contributed by atoms with van der Waals surface area (Å²) in [6, 6.07) is 6.23. The van der Waals surface area contributed by atoms with Gasteiger partial charge in [-0.25, -0.2) is 0 Å². The molecule has 0 unspecified atom stereocenters. The van der Waals surface area contributed by atoms with Crippen molar-refractivity contribution in [3.63, 3.8) is 0 Å². The fourth-order valence-electron chi connectivity index (χ4n) is 2.20. The molecule has 0 radical (unpaired) electrons. The molecule has 92 valence electrons. The normalized spacial score (nSPS) is 14.8. The second kappa shape index (κ2) is 4.75. The minimum atomic E-state index is 0.195. The number of nitrogens with two attached hydrogens (primary N) is 1. The SMILES string of the molecule is CN(CCN)c1ccc2c(c1)CCC(=O)N2C. The lowest BCUT2D eigenvalue weighted by atomic mass is 10.0. The quantitative estimate of drug-likeness (QED) is 0.847. The Kier molecular flexibility index (Phi) is 3.33. The van der Waals surface area contributed by atoms with Gasteiger partial charge < -0.3 is 15.5 Å². The lowest BCUT2D eigenvalue weighted by molar-refractivity contribution is -0.118. The fraction of sp³-hybridized carbons (Fsp3) is 0.462. The van der Waals surface area contributed by atoms with E-state index in [1.807, 2.05) is 26.2 Å². The summed E-state index contributed by atoms with van der Waals surface area (Å²) in [4.78, 5) is 15.5. The van der Waals surface area contributed by atoms with E-state index in [4.69, 9.17) is 5.73 Å². The highest BCUT2D eigenvalue weighted by atomic mass is 16.2. The van der Waals surface area contributed by atoms with Crippen LogP contribution in [0.25, 0.3) is 0 Å². The van der Waals surface area contributed by atoms with Gasteiger partial charge in [-0.1, -0.05) is 0 Å². The van der Waals surface area contributed by atoms with Crippen LogP contribution in [-0.2, 0) is 11.2 Å². The zero-order valence-corrected chi connectivity index (χ0v) is 10.4. The minimum Gasteiger partial charge on any atom is -0.373 e. The van der Waals surface area contributed by atoms with Crippen LogP contribution in [0.5, 0.6) is 0 Å². The van der Waals surface area contributed by atoms with Gasteiger partial charge in [0.15, 0.2) is 0 Å². The van der Waals surface area contributed by atoms with E-state index in [1.165, 1.54) is 5.56 Å². The molecule has 1 heterocycles. The number of rotatable bonds is 3. The van der Waals surface area contributed by atoms with E-state index < -0.39 is 0 Å². The number of carbonyl (C=O) groups is 1. The van der Waals surface area contributed by atoms with Gasteiger partial charge in [0.05, 0.1) is 0 Å². The number of hydrogen-bond acceptors (Lipinski definition) is 3. The van der Waals surface area contributed by atoms with Gasteiger partial charge in [0.1, 0.15) is 0 Å². The Labute approximate surface area is 102 Å². The van der Waals surface area contributed by atoms with Crippen LogP contribution in [0.3, 0.4) is 0 Å². The average Bonchev–Trinajstić information content (AvgIpc) is 2.34. The molecule has 17 heavy (non-hydrogen) atoms. The Hall–Kier alpha value is -1.55. The van der Waals surface area contributed by atoms with E-state index in [-0.39, 0.29) is 5.91 Å². The first-order valence-corrected chi connectivity index (χ1v) is 5.94. The van der Waals surface area contributed by atoms with Crippen LogP contribution in [0.2, 0.25) is 0 Å². The molecule has 2 rings (SSSR count). The van der Waals surface area contributed by atoms with Crippen molar-refractivity contribution in [2.45, 2.75) is 12.8 Å². The van der Waals surface area contributed by atoms with Crippen LogP contribution < -0.4 is 15.5 Å². The lowest BCUT2D eigenvalue weighted by Gasteiger charge is -2.27. The Morgan fingerprint density at radius 2 is 2.18 bits per heavy atom. The molecule has 4 nitrogen and oxygen atoms in total. The van der Waals surface area contributed by atoms with Crippen molar-refractivity contribution in [2.24, 2.45) is 5.73 Å². The van der Waals surface area contributed by atoms with Crippen molar-refractivity contribution >= 4 is 17.3 Å². The molecular weight excluding hydrogens is 214 g/mol. The van der Waals surface area contributed by atoms with Crippen molar-refractivity contribution in [1.82, 2.24) is 0 Å². The average molecular weight is 233 g/mol. The maximum Gasteiger partial charge on any atom is 0.227 e. The second-order valence-electron chi connectivity index (χ2n) is 4.48. The molecule has 2 N–H and O–H groups in total. The summed E-state index contributed by atoms with van der Waals surface area (Å²) < 4.78 is 0. The molecule has 1 aromatic carbocycles. The number of anilines is 2. The predicted molar refractivity (Wildman–Crippen MR) is 70.5 cm³/mol. The molecule has 1 aromatic rings. The number of amides is 1. The number of hydrogen-bond donors (Lipinski definition) is 1. The van der Waals surface area contributed by atoms with Crippen LogP contribution in [-0.4, -0.2) is 33.1 Å². The zero-order valence-electron chi connectivity index (χ0n) is 10.4. The molecule has 0 saturated heterocycles. The Morgan fingerprint density at radius 3 is 2.88 bits per heavy atom. The summed E-state index contributed by atoms with van der Waals surface area (Å²) in [5.41, 5.74) is 8.99. The lowest BCUT2D eigenvalue weighted by Crippen LogP contribution is -2.31. The van der Waals surface area contributed by atoms with Gasteiger partial charge in [-0.15, -0.1) is 0 Å². The first-order chi connectivity index (χ1) is 8.13. The van der Waals surface area contributed by atoms with E-state index in [1.54, 1.807) is 4.90 Å². The van der Waals surface area contributed by atoms with Gasteiger partial charge in [0.25, 0.3) is 0 Å². The molecule has 1 aliphatic heterocycles. The Bertz CT molecular complexity index is 431. The van der Waals surface area contributed by atoms with Crippen molar-refractivity contribution in [2.75, 3.05) is 37.0 Å². The summed E-state index contributed by atoms with van der Waals surface area (Å²) in [5.74, 6) is 0.195. The minimum absolute atomic E-state index is 0.195. The third-order valence-electron chi connectivity index (χ3n) is 3.31. The summed E-state index contributed by atoms with van der Waals surface area (Å²) in [7, 11) is 3.87. The third-order valence-corrected chi connectivity index (χ3v) is 3.31. The van der Waals surface area contributed by atoms with Crippen LogP contribution in [0.1, 0.15) is 12.0 Å². The summed E-state index contributed by atoms with van der Waals surface area (Å²) in [5, 5.41) is 0. The van der Waals surface area contributed by atoms with Gasteiger partial charge in [0, 0.05) is 45.0 Å². The van der Waals surface area contributed by atoms with E-state index >= 15 is 0 Å². The molecule has 0 aliphatic carbocycles. The number of benzene rings is 1. The largest absolute Gasteiger partial charge is 0.373 e. The summed E-state index contributed by atoms with van der Waals surface area (Å²) >= 11 is 0. The van der Waals surface area contributed by atoms with Gasteiger partial charge in [-0.3, -0.25) is 4.79 Å². The van der Waals surface area contributed by atoms with Crippen LogP contribution >= 0.6 is 0 Å². The van der Waals surface area contributed by atoms with Gasteiger partial charge >= 0.3 is 0 Å². The molecule has 0 spiro atoms. The number of carbonyl (C=O) groups excluding carboxylic acids is 1. The van der Waals surface area contributed by atoms with E-state index in [0.717, 1.165) is 24.3 Å². The Balaban J connectivity index is 2.29. The van der Waals surface area contributed by atoms with Crippen molar-refractivity contribution in [1.29, 1.82) is 0 Å². The molecule has 0 saturated carbocycles. The topological polar surface area (TPSA) is 49.6 Å². The third kappa shape index (κ3) is 2.26. The molecule has 4 heteroatoms. The molecule has 0 atom stereocenters. The smallest absolute Gasteiger partial charge is 0.227 e. The van der Waals surface area contributed by atoms with Gasteiger partial charge in [-0.2, -0.15) is 0 Å². The molecule has 1 amide bonds. The molecule has 1 aliphatic rings. The highest BCUT2D eigenvalue weighted by Gasteiger charge is 2.21. The van der Waals surface area contributed by atoms with E-state index in [9.17, 15) is 4.79 Å². The van der Waals surface area contributed by atoms with Crippen LogP contribution in [0.15, 0.2) is 18.2 Å². The van der Waals surface area contributed by atoms with E-state index in [2.05, 4.69) is 11.0 Å². The molecular formula is C13H19N3O.